The van der Waals surface area contributed by atoms with Crippen LogP contribution in [0.3, 0.4) is 0 Å². The highest BCUT2D eigenvalue weighted by Gasteiger charge is 2.87. The molecule has 9 rings (SSSR count). The molecule has 0 saturated heterocycles. The molecule has 0 spiro atoms. The number of ether oxygens (including phenoxy) is 1. The number of carbonyl (C=O) groups is 2. The summed E-state index contributed by atoms with van der Waals surface area (Å²) in [6, 6.07) is 0. The van der Waals surface area contributed by atoms with Crippen LogP contribution in [0.4, 0.5) is 0 Å². The van der Waals surface area contributed by atoms with Crippen LogP contribution in [-0.4, -0.2) is 99.6 Å². The second-order valence-electron chi connectivity index (χ2n) is 18.0. The van der Waals surface area contributed by atoms with Crippen molar-refractivity contribution in [3.05, 3.63) is 47.6 Å². The molecule has 10 nitrogen and oxygen atoms in total. The fourth-order valence-electron chi connectivity index (χ4n) is 14.6. The van der Waals surface area contributed by atoms with Gasteiger partial charge in [0, 0.05) is 48.9 Å². The summed E-state index contributed by atoms with van der Waals surface area (Å²) in [5, 5.41) is 72.1. The Morgan fingerprint density at radius 3 is 2.54 bits per heavy atom. The van der Waals surface area contributed by atoms with E-state index in [4.69, 9.17) is 4.74 Å². The molecule has 18 unspecified atom stereocenters. The Hall–Kier alpha value is -2.18. The van der Waals surface area contributed by atoms with Crippen LogP contribution < -0.4 is 10.6 Å². The third-order valence-electron chi connectivity index (χ3n) is 16.4. The van der Waals surface area contributed by atoms with Gasteiger partial charge in [-0.2, -0.15) is 0 Å². The third kappa shape index (κ3) is 3.74. The van der Waals surface area contributed by atoms with E-state index in [9.17, 15) is 35.1 Å². The zero-order valence-electron chi connectivity index (χ0n) is 29.4. The van der Waals surface area contributed by atoms with E-state index < -0.39 is 81.5 Å². The standard InChI is InChI=1S/C40H54N2O8/c1-20-5-4-6-21-12-28-30(44)13-25-8-7-22-16-36(2)32-23(11-24(18-42-10-9-41-3)33-27(32)15-31(45)50-33)17-38(36,47)40(49)34(22)37(25,19-43)39(28,48)29(35(40)46)14-26(20)21/h4,6-8,11,15,19-23,25-26,28-30,32-35,41-42,44,46-49H,5,9-10,12-14,16-18H2,1-3H3. The number of fused-ring (bicyclic) bond motifs is 7. The molecule has 18 atom stereocenters. The van der Waals surface area contributed by atoms with Gasteiger partial charge in [-0.3, -0.25) is 0 Å². The summed E-state index contributed by atoms with van der Waals surface area (Å²) < 4.78 is 5.90. The Balaban J connectivity index is 1.22. The van der Waals surface area contributed by atoms with Crippen LogP contribution >= 0.6 is 0 Å². The molecule has 50 heavy (non-hydrogen) atoms. The van der Waals surface area contributed by atoms with Gasteiger partial charge in [0.1, 0.15) is 23.6 Å². The number of nitrogens with one attached hydrogen (secondary N) is 2. The van der Waals surface area contributed by atoms with Crippen molar-refractivity contribution >= 4 is 12.3 Å². The van der Waals surface area contributed by atoms with Gasteiger partial charge in [-0.1, -0.05) is 44.2 Å². The Labute approximate surface area is 294 Å². The van der Waals surface area contributed by atoms with Crippen LogP contribution in [0.25, 0.3) is 0 Å². The molecule has 5 saturated carbocycles. The highest BCUT2D eigenvalue weighted by molar-refractivity contribution is 5.87. The van der Waals surface area contributed by atoms with E-state index in [-0.39, 0.29) is 42.4 Å². The first kappa shape index (κ1) is 33.6. The number of hydrogen-bond donors (Lipinski definition) is 7. The monoisotopic (exact) mass is 690 g/mol. The SMILES string of the molecule is CNCCNCC1=CC2CC3(O)C(C)(CC4C=CC5CC(O)C6CC7C=CCC(C)C7CC7C(O)C3(O)C4C5(C=O)C67O)C2C2=CC(=O)OC12. The second-order valence-corrected chi connectivity index (χ2v) is 18.0. The van der Waals surface area contributed by atoms with Crippen molar-refractivity contribution in [1.29, 1.82) is 0 Å². The normalized spacial score (nSPS) is 56.5. The fourth-order valence-corrected chi connectivity index (χ4v) is 14.6. The quantitative estimate of drug-likeness (QED) is 0.0938. The molecule has 5 fully saturated rings. The van der Waals surface area contributed by atoms with Gasteiger partial charge in [-0.15, -0.1) is 0 Å². The lowest BCUT2D eigenvalue weighted by Crippen LogP contribution is -2.88. The Morgan fingerprint density at radius 1 is 0.980 bits per heavy atom. The number of likely N-dealkylation sites (N-methyl/N-ethyl adjacent to an activating group) is 1. The number of carbonyl (C=O) groups excluding carboxylic acids is 2. The van der Waals surface area contributed by atoms with Gasteiger partial charge in [-0.05, 0) is 98.1 Å². The summed E-state index contributed by atoms with van der Waals surface area (Å²) in [6.45, 7) is 6.16. The molecule has 10 heteroatoms. The minimum absolute atomic E-state index is 0.0591. The summed E-state index contributed by atoms with van der Waals surface area (Å²) in [4.78, 5) is 27.0. The van der Waals surface area contributed by atoms with Gasteiger partial charge in [0.25, 0.3) is 0 Å². The third-order valence-corrected chi connectivity index (χ3v) is 16.4. The fraction of sp³-hybridized carbons (Fsp3) is 0.750. The number of esters is 1. The first-order valence-electron chi connectivity index (χ1n) is 19.1. The van der Waals surface area contributed by atoms with Crippen LogP contribution in [0.1, 0.15) is 52.4 Å². The summed E-state index contributed by atoms with van der Waals surface area (Å²) in [5.41, 5.74) is -6.64. The minimum atomic E-state index is -2.16. The average Bonchev–Trinajstić information content (AvgIpc) is 3.52. The van der Waals surface area contributed by atoms with E-state index in [0.29, 0.717) is 25.8 Å². The molecule has 1 aliphatic heterocycles. The lowest BCUT2D eigenvalue weighted by Gasteiger charge is -2.76. The van der Waals surface area contributed by atoms with Crippen molar-refractivity contribution in [2.75, 3.05) is 26.7 Å². The lowest BCUT2D eigenvalue weighted by molar-refractivity contribution is -0.388. The molecule has 1 heterocycles. The summed E-state index contributed by atoms with van der Waals surface area (Å²) >= 11 is 0. The molecule has 7 N–H and O–H groups in total. The van der Waals surface area contributed by atoms with Gasteiger partial charge in [0.05, 0.1) is 23.2 Å². The van der Waals surface area contributed by atoms with Crippen LogP contribution in [0.5, 0.6) is 0 Å². The van der Waals surface area contributed by atoms with Crippen LogP contribution in [0, 0.1) is 70.0 Å². The predicted octanol–water partition coefficient (Wildman–Crippen LogP) is 1.42. The van der Waals surface area contributed by atoms with Gasteiger partial charge in [0.15, 0.2) is 0 Å². The van der Waals surface area contributed by atoms with Crippen LogP contribution in [0.15, 0.2) is 47.6 Å². The van der Waals surface area contributed by atoms with Gasteiger partial charge in [-0.25, -0.2) is 4.79 Å². The summed E-state index contributed by atoms with van der Waals surface area (Å²) in [7, 11) is 1.89. The van der Waals surface area contributed by atoms with Gasteiger partial charge in [0.2, 0.25) is 0 Å². The van der Waals surface area contributed by atoms with Crippen molar-refractivity contribution in [3.8, 4) is 0 Å². The Bertz CT molecular complexity index is 1610. The van der Waals surface area contributed by atoms with Crippen molar-refractivity contribution in [3.63, 3.8) is 0 Å². The number of aliphatic hydroxyl groups excluding tert-OH is 2. The molecule has 0 radical (unpaired) electrons. The van der Waals surface area contributed by atoms with Crippen molar-refractivity contribution < 1.29 is 39.9 Å². The van der Waals surface area contributed by atoms with E-state index >= 15 is 0 Å². The first-order valence-corrected chi connectivity index (χ1v) is 19.1. The molecule has 9 aliphatic rings. The zero-order chi connectivity index (χ0) is 35.2. The van der Waals surface area contributed by atoms with E-state index in [1.807, 2.05) is 26.1 Å². The first-order chi connectivity index (χ1) is 23.8. The van der Waals surface area contributed by atoms with E-state index in [0.717, 1.165) is 36.9 Å². The smallest absolute Gasteiger partial charge is 0.331 e. The molecular weight excluding hydrogens is 636 g/mol. The Kier molecular flexibility index (Phi) is 7.36. The molecule has 0 bridgehead atoms. The molecule has 0 aromatic carbocycles. The number of rotatable bonds is 6. The van der Waals surface area contributed by atoms with Crippen molar-refractivity contribution in [2.45, 2.75) is 87.5 Å². The molecule has 272 valence electrons. The largest absolute Gasteiger partial charge is 0.450 e. The van der Waals surface area contributed by atoms with Crippen LogP contribution in [-0.2, 0) is 14.3 Å². The van der Waals surface area contributed by atoms with Crippen molar-refractivity contribution in [2.24, 2.45) is 70.0 Å². The predicted molar refractivity (Wildman–Crippen MR) is 183 cm³/mol. The molecule has 0 aromatic rings. The van der Waals surface area contributed by atoms with E-state index in [2.05, 4.69) is 35.8 Å². The second kappa shape index (κ2) is 10.9. The van der Waals surface area contributed by atoms with Crippen molar-refractivity contribution in [1.82, 2.24) is 10.6 Å². The Morgan fingerprint density at radius 2 is 1.78 bits per heavy atom. The summed E-state index contributed by atoms with van der Waals surface area (Å²) in [6.07, 6.45) is 12.4. The maximum absolute atomic E-state index is 14.1. The maximum Gasteiger partial charge on any atom is 0.331 e. The highest BCUT2D eigenvalue weighted by Crippen LogP contribution is 2.79. The molecule has 0 amide bonds. The maximum atomic E-state index is 14.1. The van der Waals surface area contributed by atoms with E-state index in [1.54, 1.807) is 6.08 Å². The highest BCUT2D eigenvalue weighted by atomic mass is 16.5. The molecule has 0 aromatic heterocycles. The number of aldehydes is 1. The van der Waals surface area contributed by atoms with Gasteiger partial charge < -0.3 is 45.7 Å². The minimum Gasteiger partial charge on any atom is -0.450 e. The lowest BCUT2D eigenvalue weighted by atomic mass is 9.31. The number of hydrogen-bond acceptors (Lipinski definition) is 10. The molecular formula is C40H54N2O8. The topological polar surface area (TPSA) is 169 Å². The van der Waals surface area contributed by atoms with E-state index in [1.165, 1.54) is 0 Å². The zero-order valence-corrected chi connectivity index (χ0v) is 29.4. The number of aliphatic hydroxyl groups is 5. The summed E-state index contributed by atoms with van der Waals surface area (Å²) in [5.74, 6) is -4.25. The van der Waals surface area contributed by atoms with Crippen LogP contribution in [0.2, 0.25) is 0 Å². The van der Waals surface area contributed by atoms with Gasteiger partial charge >= 0.3 is 5.97 Å². The average molecular weight is 691 g/mol. The number of allylic oxidation sites excluding steroid dienone is 5. The molecule has 8 aliphatic carbocycles.